The summed E-state index contributed by atoms with van der Waals surface area (Å²) in [4.78, 5) is 12.7. The van der Waals surface area contributed by atoms with Gasteiger partial charge in [0.1, 0.15) is 5.78 Å². The van der Waals surface area contributed by atoms with Gasteiger partial charge in [0.2, 0.25) is 0 Å². The first-order chi connectivity index (χ1) is 4.34. The molecule has 0 heterocycles. The second-order valence-corrected chi connectivity index (χ2v) is 3.73. The highest BCUT2D eigenvalue weighted by Gasteiger charge is 2.17. The van der Waals surface area contributed by atoms with Gasteiger partial charge in [0, 0.05) is 5.54 Å². The molecule has 10 heavy (non-hydrogen) atoms. The van der Waals surface area contributed by atoms with Gasteiger partial charge >= 0.3 is 0 Å². The molecule has 0 aliphatic rings. The van der Waals surface area contributed by atoms with Gasteiger partial charge in [-0.15, -0.1) is 0 Å². The van der Waals surface area contributed by atoms with Crippen LogP contribution < -0.4 is 0 Å². The van der Waals surface area contributed by atoms with E-state index in [2.05, 4.69) is 20.8 Å². The molecular formula is C8H17NO. The monoisotopic (exact) mass is 143 g/mol. The summed E-state index contributed by atoms with van der Waals surface area (Å²) in [7, 11) is 1.96. The van der Waals surface area contributed by atoms with Crippen molar-refractivity contribution < 1.29 is 4.79 Å². The number of carbonyl (C=O) groups is 1. The largest absolute Gasteiger partial charge is 0.299 e. The van der Waals surface area contributed by atoms with E-state index in [0.717, 1.165) is 0 Å². The number of hydrogen-bond acceptors (Lipinski definition) is 2. The Kier molecular flexibility index (Phi) is 3.03. The zero-order valence-electron chi connectivity index (χ0n) is 7.56. The molecule has 0 spiro atoms. The molecule has 0 aromatic rings. The number of nitrogens with zero attached hydrogens (tertiary/aromatic N) is 1. The highest BCUT2D eigenvalue weighted by Crippen LogP contribution is 2.08. The molecule has 0 N–H and O–H groups in total. The average molecular weight is 143 g/mol. The summed E-state index contributed by atoms with van der Waals surface area (Å²) in [5, 5.41) is 0. The lowest BCUT2D eigenvalue weighted by molar-refractivity contribution is -0.118. The van der Waals surface area contributed by atoms with E-state index in [1.54, 1.807) is 6.92 Å². The highest BCUT2D eigenvalue weighted by molar-refractivity contribution is 5.77. The zero-order valence-corrected chi connectivity index (χ0v) is 7.56. The molecule has 2 heteroatoms. The molecule has 0 atom stereocenters. The predicted octanol–water partition coefficient (Wildman–Crippen LogP) is 1.31. The molecule has 0 saturated heterocycles. The molecule has 0 bridgehead atoms. The number of likely N-dealkylation sites (N-methyl/N-ethyl adjacent to an activating group) is 1. The summed E-state index contributed by atoms with van der Waals surface area (Å²) in [6.45, 7) is 8.44. The van der Waals surface area contributed by atoms with Crippen LogP contribution in [0.3, 0.4) is 0 Å². The Morgan fingerprint density at radius 2 is 1.80 bits per heavy atom. The lowest BCUT2D eigenvalue weighted by Crippen LogP contribution is -2.40. The summed E-state index contributed by atoms with van der Waals surface area (Å²) in [6, 6.07) is 0. The minimum Gasteiger partial charge on any atom is -0.299 e. The maximum Gasteiger partial charge on any atom is 0.143 e. The minimum absolute atomic E-state index is 0.103. The van der Waals surface area contributed by atoms with Crippen LogP contribution in [-0.4, -0.2) is 29.8 Å². The second-order valence-electron chi connectivity index (χ2n) is 3.73. The molecule has 0 aliphatic heterocycles. The quantitative estimate of drug-likeness (QED) is 0.581. The van der Waals surface area contributed by atoms with Gasteiger partial charge in [0.05, 0.1) is 6.54 Å². The maximum absolute atomic E-state index is 10.7. The summed E-state index contributed by atoms with van der Waals surface area (Å²) in [5.41, 5.74) is 0.103. The van der Waals surface area contributed by atoms with Crippen molar-refractivity contribution in [2.24, 2.45) is 0 Å². The van der Waals surface area contributed by atoms with Crippen molar-refractivity contribution >= 4 is 5.78 Å². The fraction of sp³-hybridized carbons (Fsp3) is 0.875. The van der Waals surface area contributed by atoms with Crippen LogP contribution in [0.4, 0.5) is 0 Å². The lowest BCUT2D eigenvalue weighted by Gasteiger charge is -2.30. The van der Waals surface area contributed by atoms with Gasteiger partial charge in [0.15, 0.2) is 0 Å². The van der Waals surface area contributed by atoms with Crippen molar-refractivity contribution in [1.29, 1.82) is 0 Å². The standard InChI is InChI=1S/C8H17NO/c1-7(10)6-9(5)8(2,3)4/h6H2,1-5H3. The summed E-state index contributed by atoms with van der Waals surface area (Å²) in [6.07, 6.45) is 0. The highest BCUT2D eigenvalue weighted by atomic mass is 16.1. The molecule has 0 rings (SSSR count). The van der Waals surface area contributed by atoms with E-state index in [0.29, 0.717) is 6.54 Å². The normalized spacial score (nSPS) is 12.2. The Bertz CT molecular complexity index is 124. The number of carbonyl (C=O) groups excluding carboxylic acids is 1. The second kappa shape index (κ2) is 3.15. The maximum atomic E-state index is 10.7. The molecule has 0 fully saturated rings. The Morgan fingerprint density at radius 3 is 1.90 bits per heavy atom. The van der Waals surface area contributed by atoms with Gasteiger partial charge in [-0.2, -0.15) is 0 Å². The predicted molar refractivity (Wildman–Crippen MR) is 43.1 cm³/mol. The Balaban J connectivity index is 3.85. The molecule has 0 saturated carbocycles. The molecule has 0 amide bonds. The van der Waals surface area contributed by atoms with E-state index in [-0.39, 0.29) is 11.3 Å². The third-order valence-electron chi connectivity index (χ3n) is 1.60. The van der Waals surface area contributed by atoms with Crippen LogP contribution in [0.5, 0.6) is 0 Å². The van der Waals surface area contributed by atoms with Gasteiger partial charge < -0.3 is 0 Å². The molecule has 0 aromatic heterocycles. The van der Waals surface area contributed by atoms with Crippen LogP contribution >= 0.6 is 0 Å². The van der Waals surface area contributed by atoms with Crippen molar-refractivity contribution in [3.05, 3.63) is 0 Å². The zero-order chi connectivity index (χ0) is 8.36. The van der Waals surface area contributed by atoms with Crippen LogP contribution in [0.1, 0.15) is 27.7 Å². The summed E-state index contributed by atoms with van der Waals surface area (Å²) < 4.78 is 0. The van der Waals surface area contributed by atoms with Gasteiger partial charge in [-0.05, 0) is 34.7 Å². The third-order valence-corrected chi connectivity index (χ3v) is 1.60. The van der Waals surface area contributed by atoms with Crippen LogP contribution in [0.15, 0.2) is 0 Å². The fourth-order valence-corrected chi connectivity index (χ4v) is 0.571. The first-order valence-electron chi connectivity index (χ1n) is 3.54. The number of ketones is 1. The van der Waals surface area contributed by atoms with E-state index in [1.165, 1.54) is 0 Å². The van der Waals surface area contributed by atoms with Crippen LogP contribution in [0, 0.1) is 0 Å². The molecule has 0 radical (unpaired) electrons. The van der Waals surface area contributed by atoms with Crippen LogP contribution in [-0.2, 0) is 4.79 Å². The number of hydrogen-bond donors (Lipinski definition) is 0. The Hall–Kier alpha value is -0.370. The smallest absolute Gasteiger partial charge is 0.143 e. The van der Waals surface area contributed by atoms with Crippen LogP contribution in [0.2, 0.25) is 0 Å². The topological polar surface area (TPSA) is 20.3 Å². The average Bonchev–Trinajstić information content (AvgIpc) is 1.60. The van der Waals surface area contributed by atoms with Crippen LogP contribution in [0.25, 0.3) is 0 Å². The molecule has 60 valence electrons. The van der Waals surface area contributed by atoms with Crippen molar-refractivity contribution in [2.75, 3.05) is 13.6 Å². The first kappa shape index (κ1) is 9.63. The van der Waals surface area contributed by atoms with E-state index in [9.17, 15) is 4.79 Å². The number of rotatable bonds is 2. The van der Waals surface area contributed by atoms with Crippen molar-refractivity contribution in [3.63, 3.8) is 0 Å². The van der Waals surface area contributed by atoms with E-state index < -0.39 is 0 Å². The fourth-order valence-electron chi connectivity index (χ4n) is 0.571. The van der Waals surface area contributed by atoms with E-state index >= 15 is 0 Å². The molecule has 0 aliphatic carbocycles. The van der Waals surface area contributed by atoms with Crippen molar-refractivity contribution in [2.45, 2.75) is 33.2 Å². The van der Waals surface area contributed by atoms with Gasteiger partial charge in [0.25, 0.3) is 0 Å². The van der Waals surface area contributed by atoms with Gasteiger partial charge in [-0.1, -0.05) is 0 Å². The molecule has 0 aromatic carbocycles. The Labute approximate surface area is 63.2 Å². The third kappa shape index (κ3) is 3.62. The van der Waals surface area contributed by atoms with Gasteiger partial charge in [-0.25, -0.2) is 0 Å². The molecule has 0 unspecified atom stereocenters. The lowest BCUT2D eigenvalue weighted by atomic mass is 10.1. The summed E-state index contributed by atoms with van der Waals surface area (Å²) in [5.74, 6) is 0.220. The number of Topliss-reactive ketones (excluding diaryl/α,β-unsaturated/α-hetero) is 1. The SMILES string of the molecule is CC(=O)CN(C)C(C)(C)C. The Morgan fingerprint density at radius 1 is 1.40 bits per heavy atom. The first-order valence-corrected chi connectivity index (χ1v) is 3.54. The van der Waals surface area contributed by atoms with Gasteiger partial charge in [-0.3, -0.25) is 9.69 Å². The van der Waals surface area contributed by atoms with Crippen molar-refractivity contribution in [3.8, 4) is 0 Å². The molecular weight excluding hydrogens is 126 g/mol. The van der Waals surface area contributed by atoms with E-state index in [4.69, 9.17) is 0 Å². The molecule has 2 nitrogen and oxygen atoms in total. The van der Waals surface area contributed by atoms with E-state index in [1.807, 2.05) is 11.9 Å². The minimum atomic E-state index is 0.103. The summed E-state index contributed by atoms with van der Waals surface area (Å²) >= 11 is 0. The van der Waals surface area contributed by atoms with Crippen molar-refractivity contribution in [1.82, 2.24) is 4.90 Å².